The van der Waals surface area contributed by atoms with Crippen LogP contribution in [0.5, 0.6) is 5.75 Å². The normalized spacial score (nSPS) is 12.4. The van der Waals surface area contributed by atoms with E-state index in [4.69, 9.17) is 9.47 Å². The van der Waals surface area contributed by atoms with Crippen molar-refractivity contribution in [3.05, 3.63) is 42.5 Å². The summed E-state index contributed by atoms with van der Waals surface area (Å²) in [6, 6.07) is 8.08. The molecule has 0 aliphatic carbocycles. The zero-order valence-corrected chi connectivity index (χ0v) is 12.3. The molecule has 1 aromatic rings. The third-order valence-electron chi connectivity index (χ3n) is 2.66. The summed E-state index contributed by atoms with van der Waals surface area (Å²) >= 11 is 0. The number of para-hydroxylation sites is 1. The minimum Gasteiger partial charge on any atom is -0.489 e. The van der Waals surface area contributed by atoms with Gasteiger partial charge in [0, 0.05) is 18.2 Å². The fourth-order valence-electron chi connectivity index (χ4n) is 1.65. The summed E-state index contributed by atoms with van der Waals surface area (Å²) in [5.41, 5.74) is 0.971. The first-order chi connectivity index (χ1) is 9.63. The second-order valence-corrected chi connectivity index (χ2v) is 4.94. The molecule has 0 radical (unpaired) electrons. The number of hydrogen-bond donors (Lipinski definition) is 2. The highest BCUT2D eigenvalue weighted by Gasteiger charge is 2.07. The van der Waals surface area contributed by atoms with E-state index < -0.39 is 6.10 Å². The van der Waals surface area contributed by atoms with Gasteiger partial charge in [-0.2, -0.15) is 0 Å². The highest BCUT2D eigenvalue weighted by atomic mass is 16.5. The summed E-state index contributed by atoms with van der Waals surface area (Å²) in [6.07, 6.45) is 1.21. The van der Waals surface area contributed by atoms with Crippen molar-refractivity contribution in [2.75, 3.05) is 19.8 Å². The number of nitrogens with one attached hydrogen (secondary N) is 1. The van der Waals surface area contributed by atoms with Crippen molar-refractivity contribution < 1.29 is 14.6 Å². The zero-order valence-electron chi connectivity index (χ0n) is 12.3. The molecule has 0 aliphatic heterocycles. The second kappa shape index (κ2) is 9.53. The molecule has 1 aromatic carbocycles. The van der Waals surface area contributed by atoms with Crippen LogP contribution in [0.3, 0.4) is 0 Å². The van der Waals surface area contributed by atoms with Crippen molar-refractivity contribution in [3.8, 4) is 5.75 Å². The minimum atomic E-state index is -0.501. The number of aliphatic hydroxyl groups is 1. The van der Waals surface area contributed by atoms with Crippen LogP contribution < -0.4 is 10.1 Å². The van der Waals surface area contributed by atoms with E-state index in [0.717, 1.165) is 11.3 Å². The van der Waals surface area contributed by atoms with Gasteiger partial charge in [-0.3, -0.25) is 0 Å². The molecule has 0 aliphatic rings. The summed E-state index contributed by atoms with van der Waals surface area (Å²) in [5, 5.41) is 12.9. The SMILES string of the molecule is C=CCOc1ccccc1COC[C@H](O)CNC(C)C. The number of benzene rings is 1. The molecular weight excluding hydrogens is 254 g/mol. The molecule has 2 N–H and O–H groups in total. The van der Waals surface area contributed by atoms with E-state index in [1.807, 2.05) is 38.1 Å². The molecule has 112 valence electrons. The maximum atomic E-state index is 9.75. The van der Waals surface area contributed by atoms with E-state index in [-0.39, 0.29) is 0 Å². The van der Waals surface area contributed by atoms with Gasteiger partial charge in [0.15, 0.2) is 0 Å². The quantitative estimate of drug-likeness (QED) is 0.644. The van der Waals surface area contributed by atoms with Gasteiger partial charge in [-0.25, -0.2) is 0 Å². The Morgan fingerprint density at radius 1 is 1.35 bits per heavy atom. The standard InChI is InChI=1S/C16H25NO3/c1-4-9-20-16-8-6-5-7-14(16)11-19-12-15(18)10-17-13(2)3/h4-8,13,15,17-18H,1,9-12H2,2-3H3/t15-/m1/s1. The van der Waals surface area contributed by atoms with Crippen molar-refractivity contribution in [1.82, 2.24) is 5.32 Å². The predicted molar refractivity (Wildman–Crippen MR) is 80.9 cm³/mol. The Hall–Kier alpha value is -1.36. The monoisotopic (exact) mass is 279 g/mol. The van der Waals surface area contributed by atoms with Crippen LogP contribution in [0.1, 0.15) is 19.4 Å². The third-order valence-corrected chi connectivity index (χ3v) is 2.66. The van der Waals surface area contributed by atoms with Crippen LogP contribution >= 0.6 is 0 Å². The van der Waals surface area contributed by atoms with Gasteiger partial charge in [-0.1, -0.05) is 44.7 Å². The fraction of sp³-hybridized carbons (Fsp3) is 0.500. The summed E-state index contributed by atoms with van der Waals surface area (Å²) in [4.78, 5) is 0. The lowest BCUT2D eigenvalue weighted by Crippen LogP contribution is -2.34. The van der Waals surface area contributed by atoms with Gasteiger partial charge in [-0.15, -0.1) is 0 Å². The van der Waals surface area contributed by atoms with E-state index >= 15 is 0 Å². The maximum absolute atomic E-state index is 9.75. The van der Waals surface area contributed by atoms with E-state index in [1.165, 1.54) is 0 Å². The first-order valence-electron chi connectivity index (χ1n) is 6.94. The van der Waals surface area contributed by atoms with Crippen LogP contribution in [-0.2, 0) is 11.3 Å². The van der Waals surface area contributed by atoms with E-state index in [9.17, 15) is 5.11 Å². The summed E-state index contributed by atoms with van der Waals surface area (Å²) in [5.74, 6) is 0.794. The minimum absolute atomic E-state index is 0.301. The Kier molecular flexibility index (Phi) is 7.95. The lowest BCUT2D eigenvalue weighted by molar-refractivity contribution is 0.0273. The molecule has 0 fully saturated rings. The third kappa shape index (κ3) is 6.70. The molecule has 0 spiro atoms. The smallest absolute Gasteiger partial charge is 0.125 e. The van der Waals surface area contributed by atoms with Crippen molar-refractivity contribution in [2.45, 2.75) is 32.6 Å². The lowest BCUT2D eigenvalue weighted by atomic mass is 10.2. The Bertz CT molecular complexity index is 393. The molecule has 4 heteroatoms. The molecule has 20 heavy (non-hydrogen) atoms. The summed E-state index contributed by atoms with van der Waals surface area (Å²) in [6.45, 7) is 9.44. The molecule has 0 unspecified atom stereocenters. The zero-order chi connectivity index (χ0) is 14.8. The molecular formula is C16H25NO3. The first-order valence-corrected chi connectivity index (χ1v) is 6.94. The molecule has 0 saturated carbocycles. The first kappa shape index (κ1) is 16.7. The summed E-state index contributed by atoms with van der Waals surface area (Å²) in [7, 11) is 0. The van der Waals surface area contributed by atoms with Crippen LogP contribution in [0.2, 0.25) is 0 Å². The van der Waals surface area contributed by atoms with Crippen LogP contribution in [0.15, 0.2) is 36.9 Å². The number of ether oxygens (including phenoxy) is 2. The van der Waals surface area contributed by atoms with Crippen LogP contribution in [-0.4, -0.2) is 37.0 Å². The Labute approximate surface area is 121 Å². The molecule has 1 atom stereocenters. The number of hydrogen-bond acceptors (Lipinski definition) is 4. The van der Waals surface area contributed by atoms with Crippen molar-refractivity contribution in [3.63, 3.8) is 0 Å². The Morgan fingerprint density at radius 3 is 2.80 bits per heavy atom. The predicted octanol–water partition coefficient (Wildman–Crippen LogP) is 2.13. The van der Waals surface area contributed by atoms with Crippen LogP contribution in [0.4, 0.5) is 0 Å². The molecule has 0 bridgehead atoms. The summed E-state index contributed by atoms with van der Waals surface area (Å²) < 4.78 is 11.1. The van der Waals surface area contributed by atoms with Gasteiger partial charge in [-0.05, 0) is 6.07 Å². The van der Waals surface area contributed by atoms with E-state index in [0.29, 0.717) is 32.4 Å². The molecule has 4 nitrogen and oxygen atoms in total. The topological polar surface area (TPSA) is 50.7 Å². The Balaban J connectivity index is 2.35. The van der Waals surface area contributed by atoms with Crippen LogP contribution in [0, 0.1) is 0 Å². The highest BCUT2D eigenvalue weighted by Crippen LogP contribution is 2.18. The van der Waals surface area contributed by atoms with Gasteiger partial charge < -0.3 is 19.9 Å². The Morgan fingerprint density at radius 2 is 2.10 bits per heavy atom. The van der Waals surface area contributed by atoms with Crippen LogP contribution in [0.25, 0.3) is 0 Å². The highest BCUT2D eigenvalue weighted by molar-refractivity contribution is 5.32. The molecule has 0 aromatic heterocycles. The van der Waals surface area contributed by atoms with Crippen molar-refractivity contribution in [2.24, 2.45) is 0 Å². The van der Waals surface area contributed by atoms with Gasteiger partial charge >= 0.3 is 0 Å². The number of aliphatic hydroxyl groups excluding tert-OH is 1. The van der Waals surface area contributed by atoms with Gasteiger partial charge in [0.05, 0.1) is 19.3 Å². The largest absolute Gasteiger partial charge is 0.489 e. The number of rotatable bonds is 10. The van der Waals surface area contributed by atoms with Crippen molar-refractivity contribution in [1.29, 1.82) is 0 Å². The molecule has 0 heterocycles. The lowest BCUT2D eigenvalue weighted by Gasteiger charge is -2.15. The maximum Gasteiger partial charge on any atom is 0.125 e. The van der Waals surface area contributed by atoms with Gasteiger partial charge in [0.25, 0.3) is 0 Å². The van der Waals surface area contributed by atoms with Gasteiger partial charge in [0.2, 0.25) is 0 Å². The fourth-order valence-corrected chi connectivity index (χ4v) is 1.65. The van der Waals surface area contributed by atoms with E-state index in [2.05, 4.69) is 11.9 Å². The molecule has 0 amide bonds. The molecule has 0 saturated heterocycles. The molecule has 1 rings (SSSR count). The average Bonchev–Trinajstić information content (AvgIpc) is 2.44. The average molecular weight is 279 g/mol. The second-order valence-electron chi connectivity index (χ2n) is 4.94. The van der Waals surface area contributed by atoms with Crippen molar-refractivity contribution >= 4 is 0 Å². The van der Waals surface area contributed by atoms with Gasteiger partial charge in [0.1, 0.15) is 12.4 Å². The van der Waals surface area contributed by atoms with E-state index in [1.54, 1.807) is 6.08 Å².